The topological polar surface area (TPSA) is 52.1 Å². The van der Waals surface area contributed by atoms with E-state index in [2.05, 4.69) is 14.7 Å². The molecule has 0 amide bonds. The molecule has 0 fully saturated rings. The number of carbonyl (C=O) groups is 1. The Hall–Kier alpha value is -1.59. The van der Waals surface area contributed by atoms with Gasteiger partial charge in [-0.25, -0.2) is 18.7 Å². The molecule has 4 nitrogen and oxygen atoms in total. The van der Waals surface area contributed by atoms with Gasteiger partial charge in [-0.2, -0.15) is 0 Å². The molecule has 0 aliphatic carbocycles. The fraction of sp³-hybridized carbons (Fsp3) is 0.286. The van der Waals surface area contributed by atoms with E-state index < -0.39 is 17.9 Å². The lowest BCUT2D eigenvalue weighted by molar-refractivity contribution is 0.0668. The Balaban J connectivity index is 3.06. The van der Waals surface area contributed by atoms with Crippen LogP contribution in [0.2, 0.25) is 0 Å². The average Bonchev–Trinajstić information content (AvgIpc) is 2.16. The van der Waals surface area contributed by atoms with Crippen LogP contribution in [0.15, 0.2) is 12.4 Å². The van der Waals surface area contributed by atoms with Gasteiger partial charge in [-0.1, -0.05) is 0 Å². The van der Waals surface area contributed by atoms with E-state index in [9.17, 15) is 13.6 Å². The first kappa shape index (κ1) is 9.50. The van der Waals surface area contributed by atoms with Crippen LogP contribution in [0.1, 0.15) is 10.5 Å². The van der Waals surface area contributed by atoms with Gasteiger partial charge in [0.1, 0.15) is 0 Å². The Morgan fingerprint density at radius 3 is 2.62 bits per heavy atom. The zero-order valence-corrected chi connectivity index (χ0v) is 6.70. The lowest BCUT2D eigenvalue weighted by Gasteiger charge is -2.02. The molecule has 13 heavy (non-hydrogen) atoms. The summed E-state index contributed by atoms with van der Waals surface area (Å²) in [4.78, 5) is 17.8. The van der Waals surface area contributed by atoms with Crippen LogP contribution >= 0.6 is 0 Å². The minimum absolute atomic E-state index is 0.187. The van der Waals surface area contributed by atoms with Gasteiger partial charge in [0.2, 0.25) is 5.88 Å². The molecule has 1 heterocycles. The molecule has 0 atom stereocenters. The van der Waals surface area contributed by atoms with E-state index in [1.54, 1.807) is 0 Å². The van der Waals surface area contributed by atoms with Crippen LogP contribution in [0, 0.1) is 0 Å². The molecule has 0 bridgehead atoms. The van der Waals surface area contributed by atoms with Crippen LogP contribution < -0.4 is 4.74 Å². The van der Waals surface area contributed by atoms with Crippen molar-refractivity contribution in [1.82, 2.24) is 9.97 Å². The molecule has 6 heteroatoms. The van der Waals surface area contributed by atoms with E-state index in [0.29, 0.717) is 0 Å². The molecule has 0 spiro atoms. The number of hydrogen-bond donors (Lipinski definition) is 0. The molecule has 1 aromatic heterocycles. The second-order valence-electron chi connectivity index (χ2n) is 2.08. The molecule has 0 saturated carbocycles. The fourth-order valence-electron chi connectivity index (χ4n) is 0.747. The maximum Gasteiger partial charge on any atom is 0.302 e. The summed E-state index contributed by atoms with van der Waals surface area (Å²) < 4.78 is 28.5. The normalized spacial score (nSPS) is 10.2. The predicted molar refractivity (Wildman–Crippen MR) is 38.9 cm³/mol. The zero-order chi connectivity index (χ0) is 9.84. The van der Waals surface area contributed by atoms with Gasteiger partial charge in [0.15, 0.2) is 5.69 Å². The highest BCUT2D eigenvalue weighted by molar-refractivity contribution is 5.98. The number of aromatic nitrogens is 2. The molecule has 0 aliphatic heterocycles. The number of rotatable bonds is 3. The third kappa shape index (κ3) is 1.95. The number of ether oxygens (including phenoxy) is 1. The summed E-state index contributed by atoms with van der Waals surface area (Å²) in [5, 5.41) is 0. The zero-order valence-electron chi connectivity index (χ0n) is 6.70. The molecular formula is C7H6F2N2O2. The van der Waals surface area contributed by atoms with E-state index in [1.165, 1.54) is 13.3 Å². The van der Waals surface area contributed by atoms with E-state index in [4.69, 9.17) is 0 Å². The van der Waals surface area contributed by atoms with Crippen molar-refractivity contribution < 1.29 is 18.3 Å². The van der Waals surface area contributed by atoms with Crippen molar-refractivity contribution in [3.63, 3.8) is 0 Å². The van der Waals surface area contributed by atoms with Crippen molar-refractivity contribution in [2.75, 3.05) is 7.11 Å². The molecule has 0 aliphatic rings. The maximum absolute atomic E-state index is 12.0. The maximum atomic E-state index is 12.0. The molecule has 1 aromatic rings. The Labute approximate surface area is 72.6 Å². The van der Waals surface area contributed by atoms with Crippen molar-refractivity contribution in [2.24, 2.45) is 0 Å². The summed E-state index contributed by atoms with van der Waals surface area (Å²) in [6, 6.07) is 0. The van der Waals surface area contributed by atoms with Crippen LogP contribution in [-0.4, -0.2) is 29.3 Å². The van der Waals surface area contributed by atoms with E-state index in [1.807, 2.05) is 0 Å². The quantitative estimate of drug-likeness (QED) is 0.662. The highest BCUT2D eigenvalue weighted by Gasteiger charge is 2.23. The standard InChI is InChI=1S/C7H6F2N2O2/c1-13-7-4(5(12)6(8)9)10-2-3-11-7/h2-3,6H,1H3. The largest absolute Gasteiger partial charge is 0.479 e. The number of ketones is 1. The van der Waals surface area contributed by atoms with Crippen molar-refractivity contribution in [3.8, 4) is 5.88 Å². The SMILES string of the molecule is COc1nccnc1C(=O)C(F)F. The molecule has 0 saturated heterocycles. The molecule has 0 unspecified atom stereocenters. The van der Waals surface area contributed by atoms with Crippen molar-refractivity contribution in [3.05, 3.63) is 18.1 Å². The van der Waals surface area contributed by atoms with E-state index >= 15 is 0 Å². The number of Topliss-reactive ketones (excluding diaryl/α,β-unsaturated/α-hetero) is 1. The first-order chi connectivity index (χ1) is 6.16. The van der Waals surface area contributed by atoms with Gasteiger partial charge in [0.25, 0.3) is 5.78 Å². The van der Waals surface area contributed by atoms with Gasteiger partial charge in [0, 0.05) is 12.4 Å². The third-order valence-electron chi connectivity index (χ3n) is 1.29. The van der Waals surface area contributed by atoms with Crippen LogP contribution in [-0.2, 0) is 0 Å². The van der Waals surface area contributed by atoms with Crippen molar-refractivity contribution in [2.45, 2.75) is 6.43 Å². The second-order valence-corrected chi connectivity index (χ2v) is 2.08. The summed E-state index contributed by atoms with van der Waals surface area (Å²) in [6.07, 6.45) is -0.690. The van der Waals surface area contributed by atoms with E-state index in [0.717, 1.165) is 6.20 Å². The number of methoxy groups -OCH3 is 1. The van der Waals surface area contributed by atoms with E-state index in [-0.39, 0.29) is 5.88 Å². The lowest BCUT2D eigenvalue weighted by Crippen LogP contribution is -2.14. The van der Waals surface area contributed by atoms with Gasteiger partial charge < -0.3 is 4.74 Å². The third-order valence-corrected chi connectivity index (χ3v) is 1.29. The Morgan fingerprint density at radius 1 is 1.46 bits per heavy atom. The van der Waals surface area contributed by atoms with Gasteiger partial charge in [0.05, 0.1) is 7.11 Å². The number of nitrogens with zero attached hydrogens (tertiary/aromatic N) is 2. The van der Waals surface area contributed by atoms with Crippen molar-refractivity contribution in [1.29, 1.82) is 0 Å². The van der Waals surface area contributed by atoms with Crippen LogP contribution in [0.5, 0.6) is 5.88 Å². The Morgan fingerprint density at radius 2 is 2.08 bits per heavy atom. The summed E-state index contributed by atoms with van der Waals surface area (Å²) in [7, 11) is 1.23. The number of alkyl halides is 2. The molecular weight excluding hydrogens is 182 g/mol. The fourth-order valence-corrected chi connectivity index (χ4v) is 0.747. The Kier molecular flexibility index (Phi) is 2.84. The summed E-state index contributed by atoms with van der Waals surface area (Å²) in [5.41, 5.74) is -0.444. The molecule has 0 N–H and O–H groups in total. The monoisotopic (exact) mass is 188 g/mol. The molecule has 0 radical (unpaired) electrons. The number of carbonyl (C=O) groups excluding carboxylic acids is 1. The van der Waals surface area contributed by atoms with Crippen LogP contribution in [0.3, 0.4) is 0 Å². The van der Waals surface area contributed by atoms with Gasteiger partial charge in [-0.15, -0.1) is 0 Å². The lowest BCUT2D eigenvalue weighted by atomic mass is 10.3. The summed E-state index contributed by atoms with van der Waals surface area (Å²) in [5.74, 6) is -1.57. The molecule has 0 aromatic carbocycles. The second kappa shape index (κ2) is 3.88. The summed E-state index contributed by atoms with van der Waals surface area (Å²) in [6.45, 7) is 0. The van der Waals surface area contributed by atoms with Gasteiger partial charge >= 0.3 is 6.43 Å². The highest BCUT2D eigenvalue weighted by atomic mass is 19.3. The summed E-state index contributed by atoms with van der Waals surface area (Å²) >= 11 is 0. The minimum atomic E-state index is -3.09. The Bertz CT molecular complexity index is 317. The van der Waals surface area contributed by atoms with Crippen LogP contribution in [0.4, 0.5) is 8.78 Å². The minimum Gasteiger partial charge on any atom is -0.479 e. The smallest absolute Gasteiger partial charge is 0.302 e. The van der Waals surface area contributed by atoms with Crippen molar-refractivity contribution >= 4 is 5.78 Å². The highest BCUT2D eigenvalue weighted by Crippen LogP contribution is 2.14. The van der Waals surface area contributed by atoms with Gasteiger partial charge in [-0.3, -0.25) is 4.79 Å². The number of hydrogen-bond acceptors (Lipinski definition) is 4. The first-order valence-electron chi connectivity index (χ1n) is 3.34. The molecule has 1 rings (SSSR count). The van der Waals surface area contributed by atoms with Crippen LogP contribution in [0.25, 0.3) is 0 Å². The average molecular weight is 188 g/mol. The first-order valence-corrected chi connectivity index (χ1v) is 3.34. The number of halogens is 2. The van der Waals surface area contributed by atoms with Gasteiger partial charge in [-0.05, 0) is 0 Å². The predicted octanol–water partition coefficient (Wildman–Crippen LogP) is 0.933. The molecule has 70 valence electrons.